The van der Waals surface area contributed by atoms with Crippen molar-refractivity contribution in [1.29, 1.82) is 0 Å². The summed E-state index contributed by atoms with van der Waals surface area (Å²) in [5.41, 5.74) is 2.56. The second-order valence-electron chi connectivity index (χ2n) is 18.5. The highest BCUT2D eigenvalue weighted by Crippen LogP contribution is 2.38. The summed E-state index contributed by atoms with van der Waals surface area (Å²) >= 11 is 0. The molecule has 1 unspecified atom stereocenters. The van der Waals surface area contributed by atoms with Crippen LogP contribution in [0.15, 0.2) is 16.6 Å². The number of rotatable bonds is 36. The zero-order valence-corrected chi connectivity index (χ0v) is 40.4. The van der Waals surface area contributed by atoms with Gasteiger partial charge in [-0.1, -0.05) is 103 Å². The summed E-state index contributed by atoms with van der Waals surface area (Å²) in [6, 6.07) is 0. The standard InChI is InChI=1S/C48H84NO12P/c1-8-10-18-24-39(50)30-31-42-41(43(51)34-44(42)52)25-20-16-17-22-28-47(53)57-35-40(36-59-62(55,56)58-33-32-49(5,6)7)60-48(54)29-23-15-13-12-14-21-27-46-38(4)37(3)45(61-46)26-19-11-9-2/h30-31,39-42,44,50,52H,8-29,32-36H2,1-7H3/b31-30+/t39-,40+,41+,42+,44+/m0/s1. The van der Waals surface area contributed by atoms with E-state index in [0.29, 0.717) is 36.7 Å². The summed E-state index contributed by atoms with van der Waals surface area (Å²) in [5, 5.41) is 20.8. The van der Waals surface area contributed by atoms with Crippen LogP contribution < -0.4 is 4.89 Å². The molecule has 0 aliphatic heterocycles. The van der Waals surface area contributed by atoms with Gasteiger partial charge in [-0.3, -0.25) is 18.9 Å². The summed E-state index contributed by atoms with van der Waals surface area (Å²) in [7, 11) is 1.01. The van der Waals surface area contributed by atoms with Crippen molar-refractivity contribution in [3.63, 3.8) is 0 Å². The van der Waals surface area contributed by atoms with Crippen LogP contribution in [0, 0.1) is 25.7 Å². The zero-order valence-electron chi connectivity index (χ0n) is 39.5. The van der Waals surface area contributed by atoms with Gasteiger partial charge in [0.05, 0.1) is 40.0 Å². The number of carbonyl (C=O) groups excluding carboxylic acids is 3. The molecule has 62 heavy (non-hydrogen) atoms. The number of aliphatic hydroxyl groups excluding tert-OH is 2. The van der Waals surface area contributed by atoms with E-state index < -0.39 is 44.7 Å². The largest absolute Gasteiger partial charge is 0.756 e. The fourth-order valence-corrected chi connectivity index (χ4v) is 8.52. The van der Waals surface area contributed by atoms with Gasteiger partial charge in [0.2, 0.25) is 0 Å². The summed E-state index contributed by atoms with van der Waals surface area (Å²) in [6.45, 7) is 8.08. The monoisotopic (exact) mass is 898 g/mol. The van der Waals surface area contributed by atoms with Crippen molar-refractivity contribution in [3.8, 4) is 0 Å². The van der Waals surface area contributed by atoms with Crippen LogP contribution in [-0.2, 0) is 50.3 Å². The second kappa shape index (κ2) is 30.7. The number of carbonyl (C=O) groups is 3. The summed E-state index contributed by atoms with van der Waals surface area (Å²) in [5.74, 6) is 0.672. The molecule has 2 rings (SSSR count). The van der Waals surface area contributed by atoms with Gasteiger partial charge in [0, 0.05) is 43.9 Å². The lowest BCUT2D eigenvalue weighted by molar-refractivity contribution is -0.870. The molecule has 0 aromatic carbocycles. The number of phosphoric ester groups is 1. The quantitative estimate of drug-likeness (QED) is 0.0215. The minimum atomic E-state index is -4.70. The summed E-state index contributed by atoms with van der Waals surface area (Å²) in [4.78, 5) is 50.6. The number of furan rings is 1. The minimum Gasteiger partial charge on any atom is -0.756 e. The van der Waals surface area contributed by atoms with Gasteiger partial charge < -0.3 is 42.5 Å². The molecule has 1 fully saturated rings. The maximum atomic E-state index is 12.8. The molecule has 0 saturated heterocycles. The molecular formula is C48H84NO12P. The minimum absolute atomic E-state index is 0.0450. The van der Waals surface area contributed by atoms with E-state index in [4.69, 9.17) is 22.9 Å². The first kappa shape index (κ1) is 55.8. The van der Waals surface area contributed by atoms with Gasteiger partial charge in [-0.25, -0.2) is 0 Å². The molecule has 1 aliphatic carbocycles. The third-order valence-corrected chi connectivity index (χ3v) is 12.8. The first-order valence-corrected chi connectivity index (χ1v) is 25.3. The maximum absolute atomic E-state index is 12.8. The lowest BCUT2D eigenvalue weighted by Gasteiger charge is -2.28. The number of esters is 2. The predicted molar refractivity (Wildman–Crippen MR) is 240 cm³/mol. The molecule has 1 aliphatic rings. The Morgan fingerprint density at radius 1 is 0.823 bits per heavy atom. The van der Waals surface area contributed by atoms with Crippen LogP contribution in [0.1, 0.15) is 171 Å². The van der Waals surface area contributed by atoms with Crippen molar-refractivity contribution >= 4 is 25.5 Å². The zero-order chi connectivity index (χ0) is 46.0. The third-order valence-electron chi connectivity index (χ3n) is 11.9. The van der Waals surface area contributed by atoms with Crippen molar-refractivity contribution in [3.05, 3.63) is 34.8 Å². The van der Waals surface area contributed by atoms with E-state index >= 15 is 0 Å². The van der Waals surface area contributed by atoms with Crippen molar-refractivity contribution in [1.82, 2.24) is 0 Å². The fraction of sp³-hybridized carbons (Fsp3) is 0.812. The van der Waals surface area contributed by atoms with Crippen LogP contribution in [-0.4, -0.2) is 98.2 Å². The van der Waals surface area contributed by atoms with Crippen molar-refractivity contribution in [2.24, 2.45) is 11.8 Å². The molecule has 13 nitrogen and oxygen atoms in total. The number of aryl methyl sites for hydroxylation is 2. The molecule has 0 radical (unpaired) electrons. The Bertz CT molecular complexity index is 1500. The van der Waals surface area contributed by atoms with Crippen LogP contribution in [0.25, 0.3) is 0 Å². The highest BCUT2D eigenvalue weighted by molar-refractivity contribution is 7.45. The Balaban J connectivity index is 1.75. The van der Waals surface area contributed by atoms with Crippen LogP contribution in [0.2, 0.25) is 0 Å². The smallest absolute Gasteiger partial charge is 0.306 e. The molecule has 358 valence electrons. The topological polar surface area (TPSA) is 182 Å². The number of Topliss-reactive ketones (excluding diaryl/α,β-unsaturated/α-hetero) is 1. The summed E-state index contributed by atoms with van der Waals surface area (Å²) in [6.07, 6.45) is 19.8. The fourth-order valence-electron chi connectivity index (χ4n) is 7.79. The van der Waals surface area contributed by atoms with Gasteiger partial charge in [0.15, 0.2) is 6.10 Å². The van der Waals surface area contributed by atoms with Gasteiger partial charge >= 0.3 is 11.9 Å². The molecule has 0 bridgehead atoms. The molecule has 1 aromatic rings. The first-order chi connectivity index (χ1) is 29.5. The number of ether oxygens (including phenoxy) is 2. The average Bonchev–Trinajstić information content (AvgIpc) is 3.63. The maximum Gasteiger partial charge on any atom is 0.306 e. The number of ketones is 1. The Kier molecular flexibility index (Phi) is 27.6. The molecule has 1 saturated carbocycles. The van der Waals surface area contributed by atoms with Gasteiger partial charge in [-0.15, -0.1) is 0 Å². The number of unbranched alkanes of at least 4 members (excludes halogenated alkanes) is 12. The Hall–Kier alpha value is -2.38. The van der Waals surface area contributed by atoms with E-state index in [0.717, 1.165) is 101 Å². The van der Waals surface area contributed by atoms with Crippen molar-refractivity contribution < 1.29 is 61.5 Å². The van der Waals surface area contributed by atoms with Gasteiger partial charge in [-0.2, -0.15) is 0 Å². The Labute approximate surface area is 373 Å². The van der Waals surface area contributed by atoms with Gasteiger partial charge in [-0.05, 0) is 63.5 Å². The van der Waals surface area contributed by atoms with Crippen LogP contribution in [0.5, 0.6) is 0 Å². The first-order valence-electron chi connectivity index (χ1n) is 23.9. The van der Waals surface area contributed by atoms with E-state index in [-0.39, 0.29) is 50.1 Å². The molecule has 2 N–H and O–H groups in total. The predicted octanol–water partition coefficient (Wildman–Crippen LogP) is 8.97. The van der Waals surface area contributed by atoms with E-state index in [1.165, 1.54) is 24.0 Å². The van der Waals surface area contributed by atoms with Crippen molar-refractivity contribution in [2.75, 3.05) is 47.5 Å². The number of hydrogen-bond acceptors (Lipinski definition) is 12. The third kappa shape index (κ3) is 24.1. The lowest BCUT2D eigenvalue weighted by Crippen LogP contribution is -2.37. The highest BCUT2D eigenvalue weighted by Gasteiger charge is 2.39. The normalized spacial score (nSPS) is 18.9. The molecule has 0 spiro atoms. The Morgan fingerprint density at radius 2 is 1.39 bits per heavy atom. The van der Waals surface area contributed by atoms with E-state index in [1.807, 2.05) is 27.2 Å². The van der Waals surface area contributed by atoms with Gasteiger partial charge in [0.25, 0.3) is 7.82 Å². The van der Waals surface area contributed by atoms with E-state index in [1.54, 1.807) is 6.08 Å². The molecule has 1 aromatic heterocycles. The number of aliphatic hydroxyl groups is 2. The van der Waals surface area contributed by atoms with Crippen LogP contribution in [0.4, 0.5) is 0 Å². The lowest BCUT2D eigenvalue weighted by atomic mass is 9.88. The van der Waals surface area contributed by atoms with Gasteiger partial charge in [0.1, 0.15) is 37.1 Å². The molecule has 0 amide bonds. The van der Waals surface area contributed by atoms with E-state index in [9.17, 15) is 34.1 Å². The number of hydrogen-bond donors (Lipinski definition) is 2. The van der Waals surface area contributed by atoms with E-state index in [2.05, 4.69) is 27.7 Å². The number of likely N-dealkylation sites (N-methyl/N-ethyl adjacent to an activating group) is 1. The summed E-state index contributed by atoms with van der Waals surface area (Å²) < 4.78 is 40.2. The SMILES string of the molecule is CCCCCc1oc(CCCCCCCCC(=O)O[C@H](COC(=O)CCCCCC[C@H]2C(=O)C[C@@H](O)[C@@H]2/C=C/[C@@H](O)CCCCC)COP(=O)([O-])OCC[N+](C)(C)C)c(C)c1C. The second-order valence-corrected chi connectivity index (χ2v) is 19.9. The average molecular weight is 898 g/mol. The molecule has 14 heteroatoms. The number of quaternary nitrogens is 1. The molecule has 1 heterocycles. The Morgan fingerprint density at radius 3 is 2.02 bits per heavy atom. The number of nitrogens with zero attached hydrogens (tertiary/aromatic N) is 1. The number of phosphoric acid groups is 1. The molecular weight excluding hydrogens is 813 g/mol. The van der Waals surface area contributed by atoms with Crippen LogP contribution in [0.3, 0.4) is 0 Å². The van der Waals surface area contributed by atoms with Crippen LogP contribution >= 0.6 is 7.82 Å². The highest BCUT2D eigenvalue weighted by atomic mass is 31.2. The van der Waals surface area contributed by atoms with Crippen molar-refractivity contribution in [2.45, 2.75) is 194 Å². The molecule has 6 atom stereocenters.